The Bertz CT molecular complexity index is 249. The monoisotopic (exact) mass is 240 g/mol. The summed E-state index contributed by atoms with van der Waals surface area (Å²) in [5.41, 5.74) is 0. The smallest absolute Gasteiger partial charge is 0.234 e. The minimum atomic E-state index is 0.163. The van der Waals surface area contributed by atoms with E-state index in [0.29, 0.717) is 6.54 Å². The van der Waals surface area contributed by atoms with Crippen LogP contribution in [0, 0.1) is 0 Å². The molecule has 0 radical (unpaired) electrons. The normalized spacial score (nSPS) is 21.8. The number of carbonyl (C=O) groups is 1. The second-order valence-corrected chi connectivity index (χ2v) is 5.09. The van der Waals surface area contributed by atoms with E-state index in [9.17, 15) is 4.79 Å². The summed E-state index contributed by atoms with van der Waals surface area (Å²) in [4.78, 5) is 16.2. The molecule has 0 aromatic heterocycles. The fraction of sp³-hybridized carbons (Fsp3) is 0.917. The van der Waals surface area contributed by atoms with Crippen LogP contribution in [-0.2, 0) is 4.79 Å². The second-order valence-electron chi connectivity index (χ2n) is 5.09. The first kappa shape index (κ1) is 12.8. The van der Waals surface area contributed by atoms with E-state index in [4.69, 9.17) is 0 Å². The van der Waals surface area contributed by atoms with Gasteiger partial charge in [-0.2, -0.15) is 0 Å². The Hall–Kier alpha value is -0.650. The molecule has 1 aliphatic heterocycles. The zero-order valence-electron chi connectivity index (χ0n) is 10.7. The maximum absolute atomic E-state index is 11.7. The number of hydrogen-bond acceptors (Lipinski definition) is 4. The molecular formula is C12H24N4O. The predicted molar refractivity (Wildman–Crippen MR) is 68.0 cm³/mol. The van der Waals surface area contributed by atoms with Crippen LogP contribution >= 0.6 is 0 Å². The summed E-state index contributed by atoms with van der Waals surface area (Å²) in [6, 6.07) is 0.778. The van der Waals surface area contributed by atoms with Gasteiger partial charge in [0.1, 0.15) is 0 Å². The summed E-state index contributed by atoms with van der Waals surface area (Å²) in [5, 5.41) is 6.29. The Kier molecular flexibility index (Phi) is 4.76. The van der Waals surface area contributed by atoms with Crippen molar-refractivity contribution in [1.29, 1.82) is 0 Å². The first-order valence-electron chi connectivity index (χ1n) is 6.66. The number of carbonyl (C=O) groups excluding carboxylic acids is 1. The van der Waals surface area contributed by atoms with Crippen molar-refractivity contribution in [1.82, 2.24) is 20.4 Å². The predicted octanol–water partition coefficient (Wildman–Crippen LogP) is -0.898. The zero-order valence-corrected chi connectivity index (χ0v) is 10.7. The lowest BCUT2D eigenvalue weighted by atomic mass is 10.3. The van der Waals surface area contributed by atoms with E-state index < -0.39 is 0 Å². The van der Waals surface area contributed by atoms with Crippen molar-refractivity contribution < 1.29 is 4.79 Å². The van der Waals surface area contributed by atoms with Crippen molar-refractivity contribution in [2.24, 2.45) is 0 Å². The summed E-state index contributed by atoms with van der Waals surface area (Å²) >= 11 is 0. The Balaban J connectivity index is 1.53. The highest BCUT2D eigenvalue weighted by Crippen LogP contribution is 2.24. The molecule has 5 nitrogen and oxygen atoms in total. The Morgan fingerprint density at radius 2 is 2.12 bits per heavy atom. The van der Waals surface area contributed by atoms with Gasteiger partial charge in [-0.05, 0) is 19.9 Å². The van der Waals surface area contributed by atoms with Crippen molar-refractivity contribution in [2.45, 2.75) is 18.9 Å². The van der Waals surface area contributed by atoms with E-state index in [1.165, 1.54) is 12.8 Å². The van der Waals surface area contributed by atoms with Gasteiger partial charge in [-0.3, -0.25) is 9.69 Å². The lowest BCUT2D eigenvalue weighted by Gasteiger charge is -2.26. The van der Waals surface area contributed by atoms with Gasteiger partial charge in [-0.25, -0.2) is 0 Å². The third-order valence-corrected chi connectivity index (χ3v) is 3.53. The molecule has 1 saturated heterocycles. The molecule has 1 heterocycles. The van der Waals surface area contributed by atoms with Gasteiger partial charge >= 0.3 is 0 Å². The van der Waals surface area contributed by atoms with Crippen LogP contribution in [0.15, 0.2) is 0 Å². The number of rotatable bonds is 6. The number of likely N-dealkylation sites (N-methyl/N-ethyl adjacent to an activating group) is 1. The minimum Gasteiger partial charge on any atom is -0.354 e. The first-order chi connectivity index (χ1) is 8.25. The number of nitrogens with one attached hydrogen (secondary N) is 2. The number of piperazine rings is 1. The third-order valence-electron chi connectivity index (χ3n) is 3.53. The molecule has 2 aliphatic rings. The van der Waals surface area contributed by atoms with Crippen LogP contribution in [0.3, 0.4) is 0 Å². The highest BCUT2D eigenvalue weighted by atomic mass is 16.2. The molecule has 0 aromatic carbocycles. The van der Waals surface area contributed by atoms with Gasteiger partial charge in [0, 0.05) is 45.3 Å². The van der Waals surface area contributed by atoms with E-state index in [2.05, 4.69) is 27.5 Å². The summed E-state index contributed by atoms with van der Waals surface area (Å²) < 4.78 is 0. The van der Waals surface area contributed by atoms with Crippen molar-refractivity contribution in [2.75, 3.05) is 52.9 Å². The van der Waals surface area contributed by atoms with E-state index in [-0.39, 0.29) is 5.91 Å². The van der Waals surface area contributed by atoms with Crippen LogP contribution in [0.5, 0.6) is 0 Å². The van der Waals surface area contributed by atoms with Gasteiger partial charge < -0.3 is 15.5 Å². The van der Waals surface area contributed by atoms with Crippen LogP contribution in [0.4, 0.5) is 0 Å². The fourth-order valence-electron chi connectivity index (χ4n) is 2.20. The summed E-state index contributed by atoms with van der Waals surface area (Å²) in [5.74, 6) is 0.163. The van der Waals surface area contributed by atoms with Crippen molar-refractivity contribution in [3.63, 3.8) is 0 Å². The van der Waals surface area contributed by atoms with E-state index in [1.807, 2.05) is 0 Å². The zero-order chi connectivity index (χ0) is 12.1. The van der Waals surface area contributed by atoms with Crippen LogP contribution in [-0.4, -0.2) is 74.6 Å². The maximum atomic E-state index is 11.7. The molecule has 1 saturated carbocycles. The Morgan fingerprint density at radius 3 is 2.76 bits per heavy atom. The van der Waals surface area contributed by atoms with Crippen LogP contribution < -0.4 is 10.6 Å². The highest BCUT2D eigenvalue weighted by molar-refractivity contribution is 5.78. The lowest BCUT2D eigenvalue weighted by Crippen LogP contribution is -2.48. The average Bonchev–Trinajstić information content (AvgIpc) is 3.14. The number of nitrogens with zero attached hydrogens (tertiary/aromatic N) is 2. The average molecular weight is 240 g/mol. The summed E-state index contributed by atoms with van der Waals surface area (Å²) in [6.07, 6.45) is 2.65. The second kappa shape index (κ2) is 6.33. The van der Waals surface area contributed by atoms with E-state index in [1.54, 1.807) is 0 Å². The van der Waals surface area contributed by atoms with Crippen molar-refractivity contribution in [3.05, 3.63) is 0 Å². The molecule has 17 heavy (non-hydrogen) atoms. The standard InChI is InChI=1S/C12H24N4O/c1-15(11-2-3-11)7-6-14-12(17)10-16-8-4-13-5-9-16/h11,13H,2-10H2,1H3,(H,14,17). The lowest BCUT2D eigenvalue weighted by molar-refractivity contribution is -0.122. The molecule has 0 spiro atoms. The van der Waals surface area contributed by atoms with E-state index in [0.717, 1.165) is 45.3 Å². The van der Waals surface area contributed by atoms with Gasteiger partial charge in [0.2, 0.25) is 5.91 Å². The molecule has 0 unspecified atom stereocenters. The third kappa shape index (κ3) is 4.61. The number of amides is 1. The van der Waals surface area contributed by atoms with Crippen molar-refractivity contribution in [3.8, 4) is 0 Å². The highest BCUT2D eigenvalue weighted by Gasteiger charge is 2.25. The molecule has 1 amide bonds. The summed E-state index contributed by atoms with van der Waals surface area (Å²) in [6.45, 7) is 6.25. The molecule has 2 fully saturated rings. The molecule has 1 aliphatic carbocycles. The molecule has 2 rings (SSSR count). The van der Waals surface area contributed by atoms with E-state index >= 15 is 0 Å². The first-order valence-corrected chi connectivity index (χ1v) is 6.66. The minimum absolute atomic E-state index is 0.163. The molecule has 98 valence electrons. The molecular weight excluding hydrogens is 216 g/mol. The van der Waals surface area contributed by atoms with Crippen LogP contribution in [0.2, 0.25) is 0 Å². The fourth-order valence-corrected chi connectivity index (χ4v) is 2.20. The Morgan fingerprint density at radius 1 is 1.41 bits per heavy atom. The summed E-state index contributed by atoms with van der Waals surface area (Å²) in [7, 11) is 2.14. The largest absolute Gasteiger partial charge is 0.354 e. The number of hydrogen-bond donors (Lipinski definition) is 2. The van der Waals surface area contributed by atoms with Crippen LogP contribution in [0.25, 0.3) is 0 Å². The van der Waals surface area contributed by atoms with Gasteiger partial charge in [-0.1, -0.05) is 0 Å². The molecule has 0 atom stereocenters. The molecule has 0 bridgehead atoms. The van der Waals surface area contributed by atoms with Gasteiger partial charge in [0.25, 0.3) is 0 Å². The van der Waals surface area contributed by atoms with Gasteiger partial charge in [0.15, 0.2) is 0 Å². The van der Waals surface area contributed by atoms with Crippen molar-refractivity contribution >= 4 is 5.91 Å². The van der Waals surface area contributed by atoms with Gasteiger partial charge in [0.05, 0.1) is 6.54 Å². The molecule has 0 aromatic rings. The quantitative estimate of drug-likeness (QED) is 0.632. The molecule has 2 N–H and O–H groups in total. The SMILES string of the molecule is CN(CCNC(=O)CN1CCNCC1)C1CC1. The topological polar surface area (TPSA) is 47.6 Å². The van der Waals surface area contributed by atoms with Crippen LogP contribution in [0.1, 0.15) is 12.8 Å². The molecule has 5 heteroatoms. The maximum Gasteiger partial charge on any atom is 0.234 e. The van der Waals surface area contributed by atoms with Gasteiger partial charge in [-0.15, -0.1) is 0 Å². The Labute approximate surface area is 104 Å².